The van der Waals surface area contributed by atoms with Gasteiger partial charge in [0.2, 0.25) is 0 Å². The molecule has 0 spiro atoms. The average Bonchev–Trinajstić information content (AvgIpc) is 3.00. The van der Waals surface area contributed by atoms with Crippen LogP contribution in [-0.2, 0) is 11.3 Å². The van der Waals surface area contributed by atoms with Gasteiger partial charge in [-0.2, -0.15) is 0 Å². The minimum Gasteiger partial charge on any atom is -0.462 e. The summed E-state index contributed by atoms with van der Waals surface area (Å²) in [7, 11) is 0. The number of halogens is 1. The minimum atomic E-state index is -0.510. The molecule has 6 heteroatoms. The first-order valence-corrected chi connectivity index (χ1v) is 6.68. The lowest BCUT2D eigenvalue weighted by Crippen LogP contribution is -2.30. The van der Waals surface area contributed by atoms with E-state index in [1.807, 2.05) is 0 Å². The van der Waals surface area contributed by atoms with Crippen LogP contribution in [0.3, 0.4) is 0 Å². The molecule has 1 aromatic carbocycles. The lowest BCUT2D eigenvalue weighted by molar-refractivity contribution is -0.123. The highest BCUT2D eigenvalue weighted by Gasteiger charge is 2.33. The molecule has 2 heterocycles. The number of carbonyl (C=O) groups is 2. The average molecular weight is 300 g/mol. The predicted molar refractivity (Wildman–Crippen MR) is 76.9 cm³/mol. The molecule has 0 saturated carbocycles. The van der Waals surface area contributed by atoms with Crippen molar-refractivity contribution in [3.05, 3.63) is 65.0 Å². The standard InChI is InChI=1S/C16H13FN2O3/c1-10-2-7-13(22-10)8-14-15(20)19(16(21)18-14)9-11-3-5-12(17)6-4-11/h2-8H,9H2,1H3,(H,18,21). The number of rotatable bonds is 3. The van der Waals surface area contributed by atoms with E-state index in [4.69, 9.17) is 4.42 Å². The van der Waals surface area contributed by atoms with Crippen LogP contribution in [0.15, 0.2) is 46.5 Å². The van der Waals surface area contributed by atoms with Gasteiger partial charge in [-0.05, 0) is 36.8 Å². The van der Waals surface area contributed by atoms with Gasteiger partial charge in [0.25, 0.3) is 5.91 Å². The number of carbonyl (C=O) groups excluding carboxylic acids is 2. The van der Waals surface area contributed by atoms with Crippen molar-refractivity contribution >= 4 is 18.0 Å². The maximum atomic E-state index is 12.9. The van der Waals surface area contributed by atoms with Crippen LogP contribution < -0.4 is 5.32 Å². The normalized spacial score (nSPS) is 16.5. The molecule has 3 rings (SSSR count). The Balaban J connectivity index is 1.79. The molecule has 1 N–H and O–H groups in total. The third kappa shape index (κ3) is 2.76. The van der Waals surface area contributed by atoms with Crippen molar-refractivity contribution < 1.29 is 18.4 Å². The van der Waals surface area contributed by atoms with Gasteiger partial charge in [0, 0.05) is 6.08 Å². The smallest absolute Gasteiger partial charge is 0.329 e. The largest absolute Gasteiger partial charge is 0.462 e. The number of amides is 3. The number of nitrogens with zero attached hydrogens (tertiary/aromatic N) is 1. The number of imide groups is 1. The molecular formula is C16H13FN2O3. The van der Waals surface area contributed by atoms with Crippen molar-refractivity contribution in [2.75, 3.05) is 0 Å². The second kappa shape index (κ2) is 5.48. The SMILES string of the molecule is Cc1ccc(C=C2NC(=O)N(Cc3ccc(F)cc3)C2=O)o1. The van der Waals surface area contributed by atoms with Gasteiger partial charge >= 0.3 is 6.03 Å². The molecule has 1 fully saturated rings. The van der Waals surface area contributed by atoms with E-state index in [1.165, 1.54) is 30.3 Å². The van der Waals surface area contributed by atoms with E-state index < -0.39 is 11.9 Å². The van der Waals surface area contributed by atoms with Crippen molar-refractivity contribution in [3.8, 4) is 0 Å². The third-order valence-corrected chi connectivity index (χ3v) is 3.26. The fourth-order valence-electron chi connectivity index (χ4n) is 2.16. The molecule has 112 valence electrons. The molecule has 0 radical (unpaired) electrons. The predicted octanol–water partition coefficient (Wildman–Crippen LogP) is 2.82. The Morgan fingerprint density at radius 2 is 1.91 bits per heavy atom. The molecule has 22 heavy (non-hydrogen) atoms. The summed E-state index contributed by atoms with van der Waals surface area (Å²) in [5.74, 6) is 0.398. The summed E-state index contributed by atoms with van der Waals surface area (Å²) in [6.07, 6.45) is 1.48. The zero-order valence-corrected chi connectivity index (χ0v) is 11.8. The molecule has 0 unspecified atom stereocenters. The number of benzene rings is 1. The molecule has 0 bridgehead atoms. The van der Waals surface area contributed by atoms with E-state index in [2.05, 4.69) is 5.32 Å². The Bertz CT molecular complexity index is 762. The van der Waals surface area contributed by atoms with Crippen molar-refractivity contribution in [2.45, 2.75) is 13.5 Å². The van der Waals surface area contributed by atoms with E-state index in [0.29, 0.717) is 17.1 Å². The number of aryl methyl sites for hydroxylation is 1. The third-order valence-electron chi connectivity index (χ3n) is 3.26. The van der Waals surface area contributed by atoms with Gasteiger partial charge in [0.15, 0.2) is 0 Å². The first-order chi connectivity index (χ1) is 10.5. The van der Waals surface area contributed by atoms with Gasteiger partial charge in [-0.1, -0.05) is 12.1 Å². The van der Waals surface area contributed by atoms with Gasteiger partial charge in [-0.15, -0.1) is 0 Å². The maximum absolute atomic E-state index is 12.9. The Hall–Kier alpha value is -2.89. The number of hydrogen-bond donors (Lipinski definition) is 1. The van der Waals surface area contributed by atoms with Crippen LogP contribution in [0, 0.1) is 12.7 Å². The number of nitrogens with one attached hydrogen (secondary N) is 1. The molecule has 0 atom stereocenters. The summed E-state index contributed by atoms with van der Waals surface area (Å²) in [6, 6.07) is 8.62. The minimum absolute atomic E-state index is 0.0828. The summed E-state index contributed by atoms with van der Waals surface area (Å²) in [5, 5.41) is 2.51. The Morgan fingerprint density at radius 3 is 2.55 bits per heavy atom. The molecule has 3 amide bonds. The summed E-state index contributed by atoms with van der Waals surface area (Å²) >= 11 is 0. The summed E-state index contributed by atoms with van der Waals surface area (Å²) in [5.41, 5.74) is 0.821. The molecule has 5 nitrogen and oxygen atoms in total. The number of urea groups is 1. The quantitative estimate of drug-likeness (QED) is 0.700. The zero-order chi connectivity index (χ0) is 15.7. The van der Waals surface area contributed by atoms with Gasteiger partial charge in [-0.3, -0.25) is 9.69 Å². The second-order valence-corrected chi connectivity index (χ2v) is 4.95. The second-order valence-electron chi connectivity index (χ2n) is 4.95. The van der Waals surface area contributed by atoms with Crippen molar-refractivity contribution in [1.82, 2.24) is 10.2 Å². The molecule has 0 aliphatic carbocycles. The first-order valence-electron chi connectivity index (χ1n) is 6.68. The summed E-state index contributed by atoms with van der Waals surface area (Å²) in [4.78, 5) is 25.2. The van der Waals surface area contributed by atoms with Crippen LogP contribution >= 0.6 is 0 Å². The molecule has 1 aliphatic heterocycles. The van der Waals surface area contributed by atoms with Crippen LogP contribution in [-0.4, -0.2) is 16.8 Å². The molecule has 1 aliphatic rings. The van der Waals surface area contributed by atoms with E-state index in [1.54, 1.807) is 19.1 Å². The fourth-order valence-corrected chi connectivity index (χ4v) is 2.16. The van der Waals surface area contributed by atoms with Crippen molar-refractivity contribution in [2.24, 2.45) is 0 Å². The summed E-state index contributed by atoms with van der Waals surface area (Å²) in [6.45, 7) is 1.87. The Kier molecular flexibility index (Phi) is 3.50. The van der Waals surface area contributed by atoms with E-state index in [0.717, 1.165) is 4.90 Å². The molecular weight excluding hydrogens is 287 g/mol. The number of hydrogen-bond acceptors (Lipinski definition) is 3. The fraction of sp³-hybridized carbons (Fsp3) is 0.125. The van der Waals surface area contributed by atoms with Gasteiger partial charge in [-0.25, -0.2) is 9.18 Å². The van der Waals surface area contributed by atoms with Crippen molar-refractivity contribution in [3.63, 3.8) is 0 Å². The highest BCUT2D eigenvalue weighted by Crippen LogP contribution is 2.18. The van der Waals surface area contributed by atoms with Gasteiger partial charge in [0.05, 0.1) is 6.54 Å². The zero-order valence-electron chi connectivity index (χ0n) is 11.8. The Labute approximate surface area is 126 Å². The van der Waals surface area contributed by atoms with Crippen LogP contribution in [0.5, 0.6) is 0 Å². The van der Waals surface area contributed by atoms with E-state index >= 15 is 0 Å². The molecule has 2 aromatic rings. The molecule has 1 saturated heterocycles. The monoisotopic (exact) mass is 300 g/mol. The maximum Gasteiger partial charge on any atom is 0.329 e. The topological polar surface area (TPSA) is 62.6 Å². The van der Waals surface area contributed by atoms with Crippen LogP contribution in [0.25, 0.3) is 6.08 Å². The van der Waals surface area contributed by atoms with Crippen LogP contribution in [0.2, 0.25) is 0 Å². The van der Waals surface area contributed by atoms with E-state index in [9.17, 15) is 14.0 Å². The lowest BCUT2D eigenvalue weighted by atomic mass is 10.2. The van der Waals surface area contributed by atoms with Gasteiger partial charge < -0.3 is 9.73 Å². The molecule has 1 aromatic heterocycles. The van der Waals surface area contributed by atoms with Crippen LogP contribution in [0.1, 0.15) is 17.1 Å². The highest BCUT2D eigenvalue weighted by atomic mass is 19.1. The Morgan fingerprint density at radius 1 is 1.18 bits per heavy atom. The van der Waals surface area contributed by atoms with Gasteiger partial charge in [0.1, 0.15) is 23.0 Å². The lowest BCUT2D eigenvalue weighted by Gasteiger charge is -2.11. The van der Waals surface area contributed by atoms with Crippen molar-refractivity contribution in [1.29, 1.82) is 0 Å². The van der Waals surface area contributed by atoms with Crippen LogP contribution in [0.4, 0.5) is 9.18 Å². The van der Waals surface area contributed by atoms with E-state index in [-0.39, 0.29) is 18.1 Å². The highest BCUT2D eigenvalue weighted by molar-refractivity contribution is 6.13. The summed E-state index contributed by atoms with van der Waals surface area (Å²) < 4.78 is 18.2. The number of furan rings is 1. The first kappa shape index (κ1) is 14.1.